The van der Waals surface area contributed by atoms with Crippen LogP contribution in [0.25, 0.3) is 6.08 Å². The van der Waals surface area contributed by atoms with E-state index in [1.165, 1.54) is 48.9 Å². The average Bonchev–Trinajstić information content (AvgIpc) is 3.02. The zero-order valence-corrected chi connectivity index (χ0v) is 18.9. The molecule has 1 aliphatic heterocycles. The van der Waals surface area contributed by atoms with Crippen LogP contribution in [-0.4, -0.2) is 21.8 Å². The molecule has 0 saturated carbocycles. The fourth-order valence-electron chi connectivity index (χ4n) is 3.09. The van der Waals surface area contributed by atoms with Crippen LogP contribution in [0.2, 0.25) is 0 Å². The van der Waals surface area contributed by atoms with Crippen LogP contribution < -0.4 is 10.2 Å². The molecule has 3 rings (SSSR count). The van der Waals surface area contributed by atoms with Crippen LogP contribution in [0.4, 0.5) is 5.69 Å². The van der Waals surface area contributed by atoms with Crippen LogP contribution in [0.1, 0.15) is 51.0 Å². The molecular formula is C24H28N2O2S2. The highest BCUT2D eigenvalue weighted by Gasteiger charge is 2.32. The lowest BCUT2D eigenvalue weighted by atomic mass is 10.1. The van der Waals surface area contributed by atoms with Crippen LogP contribution in [-0.2, 0) is 4.79 Å². The maximum absolute atomic E-state index is 12.7. The first-order chi connectivity index (χ1) is 14.7. The summed E-state index contributed by atoms with van der Waals surface area (Å²) < 4.78 is 6.32. The van der Waals surface area contributed by atoms with Crippen molar-refractivity contribution < 1.29 is 9.53 Å². The Balaban J connectivity index is 1.50. The predicted octanol–water partition coefficient (Wildman–Crippen LogP) is 6.65. The minimum absolute atomic E-state index is 0.141. The number of nitrogens with one attached hydrogen (secondary N) is 1. The van der Waals surface area contributed by atoms with Crippen molar-refractivity contribution in [1.82, 2.24) is 5.01 Å². The summed E-state index contributed by atoms with van der Waals surface area (Å²) in [4.78, 5) is 13.3. The van der Waals surface area contributed by atoms with E-state index in [1.54, 1.807) is 0 Å². The van der Waals surface area contributed by atoms with E-state index in [0.717, 1.165) is 30.0 Å². The second-order valence-corrected chi connectivity index (χ2v) is 8.86. The number of nitrogens with zero attached hydrogens (tertiary/aromatic N) is 1. The van der Waals surface area contributed by atoms with Crippen LogP contribution in [0.15, 0.2) is 59.5 Å². The Morgan fingerprint density at radius 1 is 1.00 bits per heavy atom. The molecular weight excluding hydrogens is 412 g/mol. The number of hydrazine groups is 1. The molecule has 0 bridgehead atoms. The summed E-state index contributed by atoms with van der Waals surface area (Å²) in [6, 6.07) is 17.4. The van der Waals surface area contributed by atoms with Gasteiger partial charge in [0.25, 0.3) is 5.91 Å². The fourth-order valence-corrected chi connectivity index (χ4v) is 4.27. The van der Waals surface area contributed by atoms with Crippen molar-refractivity contribution in [2.45, 2.75) is 45.4 Å². The number of thioether (sulfide) groups is 1. The van der Waals surface area contributed by atoms with Crippen LogP contribution >= 0.6 is 24.0 Å². The van der Waals surface area contributed by atoms with Crippen molar-refractivity contribution in [1.29, 1.82) is 0 Å². The van der Waals surface area contributed by atoms with E-state index in [1.807, 2.05) is 60.7 Å². The standard InChI is InChI=1S/C24H28N2O2S2/c1-2-3-4-5-6-10-17-28-21-15-13-19(14-16-21)18-22-23(27)26(24(29)30-22)25-20-11-8-7-9-12-20/h7-9,11-16,18,25H,2-6,10,17H2,1H3. The molecule has 1 aliphatic rings. The Kier molecular flexibility index (Phi) is 8.78. The quantitative estimate of drug-likeness (QED) is 0.240. The van der Waals surface area contributed by atoms with E-state index < -0.39 is 0 Å². The Morgan fingerprint density at radius 2 is 1.70 bits per heavy atom. The highest BCUT2D eigenvalue weighted by Crippen LogP contribution is 2.33. The molecule has 4 nitrogen and oxygen atoms in total. The number of anilines is 1. The molecule has 0 spiro atoms. The SMILES string of the molecule is CCCCCCCCOc1ccc(C=C2SC(=S)N(Nc3ccccc3)C2=O)cc1. The Morgan fingerprint density at radius 3 is 2.43 bits per heavy atom. The van der Waals surface area contributed by atoms with Crippen molar-refractivity contribution in [2.75, 3.05) is 12.0 Å². The summed E-state index contributed by atoms with van der Waals surface area (Å²) in [6.45, 7) is 2.98. The predicted molar refractivity (Wildman–Crippen MR) is 130 cm³/mol. The van der Waals surface area contributed by atoms with Crippen molar-refractivity contribution in [2.24, 2.45) is 0 Å². The highest BCUT2D eigenvalue weighted by atomic mass is 32.2. The number of carbonyl (C=O) groups excluding carboxylic acids is 1. The zero-order chi connectivity index (χ0) is 21.2. The van der Waals surface area contributed by atoms with Gasteiger partial charge in [-0.25, -0.2) is 5.01 Å². The van der Waals surface area contributed by atoms with E-state index in [-0.39, 0.29) is 5.91 Å². The van der Waals surface area contributed by atoms with E-state index in [0.29, 0.717) is 9.23 Å². The molecule has 0 aromatic heterocycles. The molecule has 1 amide bonds. The Labute approximate surface area is 188 Å². The molecule has 0 radical (unpaired) electrons. The van der Waals surface area contributed by atoms with E-state index in [9.17, 15) is 4.79 Å². The summed E-state index contributed by atoms with van der Waals surface area (Å²) >= 11 is 6.67. The van der Waals surface area contributed by atoms with Gasteiger partial charge < -0.3 is 4.74 Å². The van der Waals surface area contributed by atoms with Crippen LogP contribution in [0.3, 0.4) is 0 Å². The van der Waals surface area contributed by atoms with Crippen LogP contribution in [0.5, 0.6) is 5.75 Å². The number of amides is 1. The third-order valence-electron chi connectivity index (χ3n) is 4.75. The van der Waals surface area contributed by atoms with Gasteiger partial charge in [-0.15, -0.1) is 0 Å². The minimum atomic E-state index is -0.141. The number of hydrogen-bond acceptors (Lipinski definition) is 5. The van der Waals surface area contributed by atoms with Crippen molar-refractivity contribution >= 4 is 46.0 Å². The summed E-state index contributed by atoms with van der Waals surface area (Å²) in [5, 5.41) is 1.42. The molecule has 2 aromatic carbocycles. The Hall–Kier alpha value is -2.31. The zero-order valence-electron chi connectivity index (χ0n) is 17.3. The van der Waals surface area contributed by atoms with Gasteiger partial charge >= 0.3 is 0 Å². The first-order valence-electron chi connectivity index (χ1n) is 10.5. The maximum atomic E-state index is 12.7. The number of benzene rings is 2. The van der Waals surface area contributed by atoms with Gasteiger partial charge in [-0.05, 0) is 54.5 Å². The number of unbranched alkanes of at least 4 members (excludes halogenated alkanes) is 5. The smallest absolute Gasteiger partial charge is 0.285 e. The second kappa shape index (κ2) is 11.8. The molecule has 0 atom stereocenters. The number of rotatable bonds is 11. The van der Waals surface area contributed by atoms with Gasteiger partial charge in [0, 0.05) is 0 Å². The fraction of sp³-hybridized carbons (Fsp3) is 0.333. The monoisotopic (exact) mass is 440 g/mol. The van der Waals surface area contributed by atoms with Crippen molar-refractivity contribution in [3.05, 3.63) is 65.1 Å². The van der Waals surface area contributed by atoms with Gasteiger partial charge in [0.1, 0.15) is 5.75 Å². The lowest BCUT2D eigenvalue weighted by Crippen LogP contribution is -2.33. The molecule has 1 fully saturated rings. The summed E-state index contributed by atoms with van der Waals surface area (Å²) in [5.41, 5.74) is 4.84. The van der Waals surface area contributed by atoms with E-state index >= 15 is 0 Å². The van der Waals surface area contributed by atoms with Gasteiger partial charge in [-0.2, -0.15) is 0 Å². The number of para-hydroxylation sites is 1. The number of thiocarbonyl (C=S) groups is 1. The van der Waals surface area contributed by atoms with Crippen molar-refractivity contribution in [3.8, 4) is 5.75 Å². The maximum Gasteiger partial charge on any atom is 0.285 e. The normalized spacial score (nSPS) is 15.1. The molecule has 1 heterocycles. The molecule has 1 N–H and O–H groups in total. The third-order valence-corrected chi connectivity index (χ3v) is 6.06. The molecule has 0 unspecified atom stereocenters. The minimum Gasteiger partial charge on any atom is -0.494 e. The van der Waals surface area contributed by atoms with E-state index in [2.05, 4.69) is 12.3 Å². The van der Waals surface area contributed by atoms with Gasteiger partial charge in [-0.3, -0.25) is 10.2 Å². The topological polar surface area (TPSA) is 41.6 Å². The number of carbonyl (C=O) groups is 1. The van der Waals surface area contributed by atoms with Gasteiger partial charge in [0.05, 0.1) is 17.2 Å². The van der Waals surface area contributed by atoms with Gasteiger partial charge in [0.2, 0.25) is 0 Å². The second-order valence-electron chi connectivity index (χ2n) is 7.18. The molecule has 1 saturated heterocycles. The number of ether oxygens (including phenoxy) is 1. The molecule has 158 valence electrons. The summed E-state index contributed by atoms with van der Waals surface area (Å²) in [6.07, 6.45) is 9.37. The molecule has 0 aliphatic carbocycles. The van der Waals surface area contributed by atoms with Gasteiger partial charge in [-0.1, -0.05) is 81.1 Å². The summed E-state index contributed by atoms with van der Waals surface area (Å²) in [5.74, 6) is 0.719. The average molecular weight is 441 g/mol. The van der Waals surface area contributed by atoms with Crippen LogP contribution in [0, 0.1) is 0 Å². The largest absolute Gasteiger partial charge is 0.494 e. The first kappa shape index (κ1) is 22.4. The van der Waals surface area contributed by atoms with Gasteiger partial charge in [0.15, 0.2) is 4.32 Å². The van der Waals surface area contributed by atoms with Crippen molar-refractivity contribution in [3.63, 3.8) is 0 Å². The molecule has 30 heavy (non-hydrogen) atoms. The summed E-state index contributed by atoms with van der Waals surface area (Å²) in [7, 11) is 0. The van der Waals surface area contributed by atoms with E-state index in [4.69, 9.17) is 17.0 Å². The lowest BCUT2D eigenvalue weighted by molar-refractivity contribution is -0.121. The third kappa shape index (κ3) is 6.61. The number of hydrogen-bond donors (Lipinski definition) is 1. The lowest BCUT2D eigenvalue weighted by Gasteiger charge is -2.16. The first-order valence-corrected chi connectivity index (χ1v) is 11.7. The Bertz CT molecular complexity index is 867. The molecule has 6 heteroatoms. The molecule has 2 aromatic rings. The highest BCUT2D eigenvalue weighted by molar-refractivity contribution is 8.26.